The summed E-state index contributed by atoms with van der Waals surface area (Å²) in [5.74, 6) is -0.952. The molecule has 1 N–H and O–H groups in total. The number of piperazine rings is 1. The first-order valence-corrected chi connectivity index (χ1v) is 8.02. The van der Waals surface area contributed by atoms with Gasteiger partial charge >= 0.3 is 11.7 Å². The molecule has 1 aliphatic rings. The number of carbonyl (C=O) groups is 1. The van der Waals surface area contributed by atoms with Gasteiger partial charge in [-0.15, -0.1) is 0 Å². The topological polar surface area (TPSA) is 75.0 Å². The fourth-order valence-corrected chi connectivity index (χ4v) is 2.73. The molecule has 0 unspecified atom stereocenters. The molecule has 25 heavy (non-hydrogen) atoms. The highest BCUT2D eigenvalue weighted by Gasteiger charge is 2.17. The number of carbonyl (C=O) groups excluding carboxylic acids is 1. The quantitative estimate of drug-likeness (QED) is 0.845. The molecule has 1 aromatic carbocycles. The second-order valence-corrected chi connectivity index (χ2v) is 6.16. The third kappa shape index (κ3) is 3.97. The first-order valence-electron chi connectivity index (χ1n) is 8.02. The van der Waals surface area contributed by atoms with Crippen LogP contribution in [0, 0.1) is 5.82 Å². The Hall–Kier alpha value is -2.45. The molecular weight excluding hydrogens is 329 g/mol. The number of ether oxygens (including phenoxy) is 1. The third-order valence-corrected chi connectivity index (χ3v) is 4.05. The smallest absolute Gasteiger partial charge is 0.414 e. The minimum Gasteiger partial charge on any atom is -0.423 e. The number of amides is 1. The largest absolute Gasteiger partial charge is 0.423 e. The van der Waals surface area contributed by atoms with E-state index >= 15 is 0 Å². The Balaban J connectivity index is 1.97. The van der Waals surface area contributed by atoms with Crippen molar-refractivity contribution in [1.29, 1.82) is 0 Å². The molecule has 8 heteroatoms. The van der Waals surface area contributed by atoms with E-state index in [9.17, 15) is 14.0 Å². The Morgan fingerprint density at radius 3 is 2.72 bits per heavy atom. The van der Waals surface area contributed by atoms with Gasteiger partial charge in [0, 0.05) is 64.3 Å². The molecule has 1 fully saturated rings. The zero-order chi connectivity index (χ0) is 18.0. The van der Waals surface area contributed by atoms with E-state index in [1.807, 2.05) is 0 Å². The molecule has 2 aromatic rings. The van der Waals surface area contributed by atoms with E-state index in [0.29, 0.717) is 17.5 Å². The molecule has 1 amide bonds. The summed E-state index contributed by atoms with van der Waals surface area (Å²) in [5.41, 5.74) is 0.368. The summed E-state index contributed by atoms with van der Waals surface area (Å²) in [5, 5.41) is 3.76. The third-order valence-electron chi connectivity index (χ3n) is 4.05. The number of hydrogen-bond acceptors (Lipinski definition) is 6. The van der Waals surface area contributed by atoms with Gasteiger partial charge in [-0.25, -0.2) is 14.0 Å². The van der Waals surface area contributed by atoms with Gasteiger partial charge in [-0.2, -0.15) is 0 Å². The van der Waals surface area contributed by atoms with Crippen LogP contribution in [0.4, 0.5) is 9.18 Å². The van der Waals surface area contributed by atoms with Gasteiger partial charge in [0.05, 0.1) is 0 Å². The zero-order valence-corrected chi connectivity index (χ0v) is 14.2. The Morgan fingerprint density at radius 1 is 1.32 bits per heavy atom. The highest BCUT2D eigenvalue weighted by atomic mass is 19.1. The highest BCUT2D eigenvalue weighted by molar-refractivity contribution is 5.82. The Morgan fingerprint density at radius 2 is 2.04 bits per heavy atom. The van der Waals surface area contributed by atoms with Gasteiger partial charge in [0.25, 0.3) is 0 Å². The molecule has 0 bridgehead atoms. The van der Waals surface area contributed by atoms with Gasteiger partial charge in [0.15, 0.2) is 11.6 Å². The lowest BCUT2D eigenvalue weighted by Gasteiger charge is -2.27. The minimum atomic E-state index is -0.711. The molecule has 0 aliphatic carbocycles. The van der Waals surface area contributed by atoms with Crippen LogP contribution in [0.2, 0.25) is 0 Å². The van der Waals surface area contributed by atoms with Crippen LogP contribution in [0.3, 0.4) is 0 Å². The average Bonchev–Trinajstić information content (AvgIpc) is 2.57. The molecule has 2 heterocycles. The van der Waals surface area contributed by atoms with Gasteiger partial charge < -0.3 is 19.4 Å². The SMILES string of the molecule is CN(C)C(=O)Oc1cc2oc(=O)cc(CN3CCNCC3)c2cc1F. The second kappa shape index (κ2) is 7.20. The van der Waals surface area contributed by atoms with E-state index in [0.717, 1.165) is 26.2 Å². The van der Waals surface area contributed by atoms with Gasteiger partial charge in [0.1, 0.15) is 5.58 Å². The van der Waals surface area contributed by atoms with E-state index in [4.69, 9.17) is 9.15 Å². The molecule has 7 nitrogen and oxygen atoms in total. The highest BCUT2D eigenvalue weighted by Crippen LogP contribution is 2.27. The molecule has 134 valence electrons. The van der Waals surface area contributed by atoms with Gasteiger partial charge in [0.2, 0.25) is 0 Å². The van der Waals surface area contributed by atoms with E-state index < -0.39 is 17.5 Å². The fraction of sp³-hybridized carbons (Fsp3) is 0.412. The molecule has 0 radical (unpaired) electrons. The van der Waals surface area contributed by atoms with Crippen LogP contribution < -0.4 is 15.7 Å². The monoisotopic (exact) mass is 349 g/mol. The molecule has 3 rings (SSSR count). The van der Waals surface area contributed by atoms with Crippen LogP contribution in [0.25, 0.3) is 11.0 Å². The van der Waals surface area contributed by atoms with Crippen LogP contribution >= 0.6 is 0 Å². The molecule has 0 atom stereocenters. The molecule has 1 saturated heterocycles. The van der Waals surface area contributed by atoms with E-state index in [-0.39, 0.29) is 11.3 Å². The maximum Gasteiger partial charge on any atom is 0.414 e. The van der Waals surface area contributed by atoms with Gasteiger partial charge in [-0.05, 0) is 11.6 Å². The van der Waals surface area contributed by atoms with E-state index in [1.165, 1.54) is 37.2 Å². The number of benzene rings is 1. The van der Waals surface area contributed by atoms with E-state index in [2.05, 4.69) is 10.2 Å². The zero-order valence-electron chi connectivity index (χ0n) is 14.2. The fourth-order valence-electron chi connectivity index (χ4n) is 2.73. The van der Waals surface area contributed by atoms with Crippen molar-refractivity contribution in [1.82, 2.24) is 15.1 Å². The molecule has 1 aromatic heterocycles. The predicted molar refractivity (Wildman–Crippen MR) is 90.3 cm³/mol. The second-order valence-electron chi connectivity index (χ2n) is 6.16. The summed E-state index contributed by atoms with van der Waals surface area (Å²) in [7, 11) is 2.99. The lowest BCUT2D eigenvalue weighted by atomic mass is 10.1. The Bertz CT molecular complexity index is 844. The summed E-state index contributed by atoms with van der Waals surface area (Å²) in [6.07, 6.45) is -0.711. The summed E-state index contributed by atoms with van der Waals surface area (Å²) in [4.78, 5) is 26.9. The van der Waals surface area contributed by atoms with Crippen molar-refractivity contribution in [2.45, 2.75) is 6.54 Å². The number of nitrogens with zero attached hydrogens (tertiary/aromatic N) is 2. The minimum absolute atomic E-state index is 0.195. The van der Waals surface area contributed by atoms with Crippen LogP contribution in [0.5, 0.6) is 5.75 Å². The summed E-state index contributed by atoms with van der Waals surface area (Å²) < 4.78 is 24.5. The first kappa shape index (κ1) is 17.4. The maximum absolute atomic E-state index is 14.4. The molecular formula is C17H20FN3O4. The van der Waals surface area contributed by atoms with Crippen molar-refractivity contribution in [2.75, 3.05) is 40.3 Å². The summed E-state index contributed by atoms with van der Waals surface area (Å²) >= 11 is 0. The van der Waals surface area contributed by atoms with Crippen LogP contribution in [-0.2, 0) is 6.54 Å². The lowest BCUT2D eigenvalue weighted by Crippen LogP contribution is -2.43. The lowest BCUT2D eigenvalue weighted by molar-refractivity contribution is 0.170. The van der Waals surface area contributed by atoms with Crippen molar-refractivity contribution < 1.29 is 18.3 Å². The van der Waals surface area contributed by atoms with Crippen molar-refractivity contribution in [3.8, 4) is 5.75 Å². The number of fused-ring (bicyclic) bond motifs is 1. The van der Waals surface area contributed by atoms with Crippen LogP contribution in [-0.4, -0.2) is 56.2 Å². The number of nitrogens with one attached hydrogen (secondary N) is 1. The van der Waals surface area contributed by atoms with Crippen molar-refractivity contribution in [3.63, 3.8) is 0 Å². The predicted octanol–water partition coefficient (Wildman–Crippen LogP) is 1.40. The maximum atomic E-state index is 14.4. The first-order chi connectivity index (χ1) is 11.9. The van der Waals surface area contributed by atoms with Crippen LogP contribution in [0.1, 0.15) is 5.56 Å². The summed E-state index contributed by atoms with van der Waals surface area (Å²) in [6, 6.07) is 3.87. The van der Waals surface area contributed by atoms with Crippen LogP contribution in [0.15, 0.2) is 27.4 Å². The van der Waals surface area contributed by atoms with E-state index in [1.54, 1.807) is 0 Å². The standard InChI is InChI=1S/C17H20FN3O4/c1-20(2)17(23)25-15-9-14-12(8-13(15)18)11(7-16(22)24-14)10-21-5-3-19-4-6-21/h7-9,19H,3-6,10H2,1-2H3. The Labute approximate surface area is 144 Å². The Kier molecular flexibility index (Phi) is 5.00. The number of hydrogen-bond donors (Lipinski definition) is 1. The molecule has 0 saturated carbocycles. The van der Waals surface area contributed by atoms with Crippen molar-refractivity contribution >= 4 is 17.1 Å². The molecule has 1 aliphatic heterocycles. The summed E-state index contributed by atoms with van der Waals surface area (Å²) in [6.45, 7) is 3.97. The normalized spacial score (nSPS) is 15.3. The van der Waals surface area contributed by atoms with Crippen molar-refractivity contribution in [3.05, 3.63) is 40.0 Å². The number of rotatable bonds is 3. The van der Waals surface area contributed by atoms with Gasteiger partial charge in [-0.3, -0.25) is 4.90 Å². The average molecular weight is 349 g/mol. The molecule has 0 spiro atoms. The van der Waals surface area contributed by atoms with Gasteiger partial charge in [-0.1, -0.05) is 0 Å². The number of halogens is 1. The van der Waals surface area contributed by atoms with Crippen molar-refractivity contribution in [2.24, 2.45) is 0 Å².